The van der Waals surface area contributed by atoms with Crippen molar-refractivity contribution in [1.29, 1.82) is 0 Å². The van der Waals surface area contributed by atoms with Crippen LogP contribution in [0, 0.1) is 5.92 Å². The van der Waals surface area contributed by atoms with Gasteiger partial charge in [0.25, 0.3) is 0 Å². The third-order valence-electron chi connectivity index (χ3n) is 2.43. The molecule has 1 atom stereocenters. The molecule has 1 fully saturated rings. The highest BCUT2D eigenvalue weighted by Crippen LogP contribution is 2.20. The van der Waals surface area contributed by atoms with Crippen LogP contribution in [0.25, 0.3) is 0 Å². The molecule has 5 heteroatoms. The first-order valence-corrected chi connectivity index (χ1v) is 6.52. The molecule has 16 heavy (non-hydrogen) atoms. The predicted molar refractivity (Wildman–Crippen MR) is 64.7 cm³/mol. The number of halogens is 1. The van der Waals surface area contributed by atoms with Crippen molar-refractivity contribution in [3.05, 3.63) is 0 Å². The van der Waals surface area contributed by atoms with Gasteiger partial charge < -0.3 is 9.64 Å². The molecule has 1 rings (SSSR count). The Bertz CT molecular complexity index is 285. The monoisotopic (exact) mass is 291 g/mol. The molecule has 0 radical (unpaired) electrons. The number of amides is 1. The van der Waals surface area contributed by atoms with Gasteiger partial charge in [-0.15, -0.1) is 0 Å². The zero-order chi connectivity index (χ0) is 12.3. The Hall–Kier alpha value is -0.580. The Morgan fingerprint density at radius 2 is 2.06 bits per heavy atom. The third kappa shape index (κ3) is 3.77. The number of rotatable bonds is 2. The van der Waals surface area contributed by atoms with E-state index in [1.807, 2.05) is 20.8 Å². The number of hydrogen-bond acceptors (Lipinski definition) is 3. The second-order valence-corrected chi connectivity index (χ2v) is 5.57. The number of Topliss-reactive ketones (excluding diaryl/α,β-unsaturated/α-hetero) is 1. The molecule has 0 spiro atoms. The number of ether oxygens (including phenoxy) is 1. The molecule has 1 amide bonds. The summed E-state index contributed by atoms with van der Waals surface area (Å²) in [6, 6.07) is 0. The van der Waals surface area contributed by atoms with E-state index in [9.17, 15) is 9.59 Å². The van der Waals surface area contributed by atoms with Crippen molar-refractivity contribution in [2.45, 2.75) is 32.8 Å². The molecule has 0 aromatic heterocycles. The predicted octanol–water partition coefficient (Wildman–Crippen LogP) is 2.21. The molecule has 0 bridgehead atoms. The average Bonchev–Trinajstić information content (AvgIpc) is 2.62. The van der Waals surface area contributed by atoms with E-state index in [1.165, 1.54) is 0 Å². The number of alkyl halides is 1. The number of likely N-dealkylation sites (tertiary alicyclic amines) is 1. The number of ketones is 1. The van der Waals surface area contributed by atoms with Gasteiger partial charge in [0.15, 0.2) is 0 Å². The van der Waals surface area contributed by atoms with Gasteiger partial charge in [-0.1, -0.05) is 15.9 Å². The number of nitrogens with zero attached hydrogens (tertiary/aromatic N) is 1. The van der Waals surface area contributed by atoms with E-state index < -0.39 is 5.60 Å². The normalized spacial score (nSPS) is 21.0. The lowest BCUT2D eigenvalue weighted by molar-refractivity contribution is -0.119. The van der Waals surface area contributed by atoms with Crippen LogP contribution in [0.15, 0.2) is 0 Å². The van der Waals surface area contributed by atoms with Crippen molar-refractivity contribution < 1.29 is 14.3 Å². The highest BCUT2D eigenvalue weighted by Gasteiger charge is 2.32. The van der Waals surface area contributed by atoms with Gasteiger partial charge in [-0.25, -0.2) is 4.79 Å². The lowest BCUT2D eigenvalue weighted by Gasteiger charge is -2.24. The van der Waals surface area contributed by atoms with E-state index in [-0.39, 0.29) is 17.8 Å². The SMILES string of the molecule is CC(C)(C)OC(=O)N1CCC(C(=O)CBr)C1. The van der Waals surface area contributed by atoms with Gasteiger partial charge in [-0.2, -0.15) is 0 Å². The Morgan fingerprint density at radius 1 is 1.44 bits per heavy atom. The summed E-state index contributed by atoms with van der Waals surface area (Å²) in [7, 11) is 0. The average molecular weight is 292 g/mol. The van der Waals surface area contributed by atoms with Crippen molar-refractivity contribution in [3.8, 4) is 0 Å². The molecule has 1 heterocycles. The van der Waals surface area contributed by atoms with Crippen LogP contribution in [0.2, 0.25) is 0 Å². The van der Waals surface area contributed by atoms with Crippen LogP contribution in [0.1, 0.15) is 27.2 Å². The minimum atomic E-state index is -0.478. The van der Waals surface area contributed by atoms with Gasteiger partial charge in [-0.3, -0.25) is 4.79 Å². The summed E-state index contributed by atoms with van der Waals surface area (Å²) in [6.07, 6.45) is 0.418. The molecule has 0 aromatic rings. The fraction of sp³-hybridized carbons (Fsp3) is 0.818. The van der Waals surface area contributed by atoms with Gasteiger partial charge >= 0.3 is 6.09 Å². The van der Waals surface area contributed by atoms with Gasteiger partial charge in [0, 0.05) is 19.0 Å². The highest BCUT2D eigenvalue weighted by molar-refractivity contribution is 9.09. The van der Waals surface area contributed by atoms with Gasteiger partial charge in [-0.05, 0) is 27.2 Å². The van der Waals surface area contributed by atoms with E-state index in [0.717, 1.165) is 6.42 Å². The number of hydrogen-bond donors (Lipinski definition) is 0. The standard InChI is InChI=1S/C11H18BrNO3/c1-11(2,3)16-10(15)13-5-4-8(7-13)9(14)6-12/h8H,4-7H2,1-3H3. The van der Waals surface area contributed by atoms with Crippen molar-refractivity contribution in [2.75, 3.05) is 18.4 Å². The van der Waals surface area contributed by atoms with Crippen LogP contribution >= 0.6 is 15.9 Å². The molecule has 0 aromatic carbocycles. The molecule has 0 N–H and O–H groups in total. The minimum Gasteiger partial charge on any atom is -0.444 e. The highest BCUT2D eigenvalue weighted by atomic mass is 79.9. The molecule has 0 saturated carbocycles. The quantitative estimate of drug-likeness (QED) is 0.733. The van der Waals surface area contributed by atoms with Crippen molar-refractivity contribution in [3.63, 3.8) is 0 Å². The Kier molecular flexibility index (Phi) is 4.35. The van der Waals surface area contributed by atoms with Crippen molar-refractivity contribution in [2.24, 2.45) is 5.92 Å². The largest absolute Gasteiger partial charge is 0.444 e. The number of carbonyl (C=O) groups excluding carboxylic acids is 2. The van der Waals surface area contributed by atoms with E-state index in [0.29, 0.717) is 18.4 Å². The van der Waals surface area contributed by atoms with Crippen LogP contribution in [0.5, 0.6) is 0 Å². The van der Waals surface area contributed by atoms with E-state index >= 15 is 0 Å². The molecule has 1 aliphatic heterocycles. The summed E-state index contributed by atoms with van der Waals surface area (Å²) >= 11 is 3.15. The second kappa shape index (κ2) is 5.17. The minimum absolute atomic E-state index is 0.0353. The summed E-state index contributed by atoms with van der Waals surface area (Å²) in [5, 5.41) is 0.361. The first-order valence-electron chi connectivity index (χ1n) is 5.40. The molecular formula is C11H18BrNO3. The molecular weight excluding hydrogens is 274 g/mol. The molecule has 1 aliphatic rings. The second-order valence-electron chi connectivity index (χ2n) is 5.01. The molecule has 1 saturated heterocycles. The summed E-state index contributed by atoms with van der Waals surface area (Å²) in [5.74, 6) is 0.123. The molecule has 0 aliphatic carbocycles. The van der Waals surface area contributed by atoms with Crippen molar-refractivity contribution >= 4 is 27.8 Å². The third-order valence-corrected chi connectivity index (χ3v) is 2.98. The van der Waals surface area contributed by atoms with E-state index in [2.05, 4.69) is 15.9 Å². The summed E-state index contributed by atoms with van der Waals surface area (Å²) in [6.45, 7) is 6.60. The van der Waals surface area contributed by atoms with Crippen LogP contribution in [0.4, 0.5) is 4.79 Å². The van der Waals surface area contributed by atoms with E-state index in [4.69, 9.17) is 4.74 Å². The maximum atomic E-state index is 11.7. The van der Waals surface area contributed by atoms with Gasteiger partial charge in [0.2, 0.25) is 0 Å². The topological polar surface area (TPSA) is 46.6 Å². The van der Waals surface area contributed by atoms with Crippen LogP contribution in [-0.4, -0.2) is 40.8 Å². The maximum Gasteiger partial charge on any atom is 0.410 e. The van der Waals surface area contributed by atoms with Crippen molar-refractivity contribution in [1.82, 2.24) is 4.90 Å². The Balaban J connectivity index is 2.47. The Morgan fingerprint density at radius 3 is 2.56 bits per heavy atom. The summed E-state index contributed by atoms with van der Waals surface area (Å²) < 4.78 is 5.25. The first kappa shape index (κ1) is 13.5. The van der Waals surface area contributed by atoms with Crippen LogP contribution in [0.3, 0.4) is 0 Å². The maximum absolute atomic E-state index is 11.7. The van der Waals surface area contributed by atoms with Crippen LogP contribution in [-0.2, 0) is 9.53 Å². The van der Waals surface area contributed by atoms with Gasteiger partial charge in [0.05, 0.1) is 5.33 Å². The van der Waals surface area contributed by atoms with Crippen LogP contribution < -0.4 is 0 Å². The summed E-state index contributed by atoms with van der Waals surface area (Å²) in [5.41, 5.74) is -0.478. The lowest BCUT2D eigenvalue weighted by atomic mass is 10.1. The Labute approximate surface area is 104 Å². The van der Waals surface area contributed by atoms with E-state index in [1.54, 1.807) is 4.90 Å². The first-order chi connectivity index (χ1) is 7.33. The zero-order valence-corrected chi connectivity index (χ0v) is 11.5. The number of carbonyl (C=O) groups is 2. The fourth-order valence-corrected chi connectivity index (χ4v) is 2.08. The molecule has 4 nitrogen and oxygen atoms in total. The molecule has 92 valence electrons. The van der Waals surface area contributed by atoms with Gasteiger partial charge in [0.1, 0.15) is 11.4 Å². The lowest BCUT2D eigenvalue weighted by Crippen LogP contribution is -2.36. The zero-order valence-electron chi connectivity index (χ0n) is 9.96. The molecule has 1 unspecified atom stereocenters. The fourth-order valence-electron chi connectivity index (χ4n) is 1.62. The smallest absolute Gasteiger partial charge is 0.410 e. The summed E-state index contributed by atoms with van der Waals surface area (Å²) in [4.78, 5) is 24.7.